The van der Waals surface area contributed by atoms with Gasteiger partial charge < -0.3 is 15.4 Å². The number of hydrogen-bond acceptors (Lipinski definition) is 5. The minimum Gasteiger partial charge on any atom is -0.381 e. The van der Waals surface area contributed by atoms with Crippen LogP contribution in [0.25, 0.3) is 6.08 Å². The Kier molecular flexibility index (Phi) is 7.23. The maximum absolute atomic E-state index is 12.5. The molecule has 26 heavy (non-hydrogen) atoms. The fourth-order valence-electron chi connectivity index (χ4n) is 3.78. The molecule has 6 heteroatoms. The van der Waals surface area contributed by atoms with Crippen molar-refractivity contribution in [2.75, 3.05) is 26.8 Å². The Morgan fingerprint density at radius 3 is 2.96 bits per heavy atom. The highest BCUT2D eigenvalue weighted by molar-refractivity contribution is 7.11. The maximum Gasteiger partial charge on any atom is 0.220 e. The summed E-state index contributed by atoms with van der Waals surface area (Å²) in [5.41, 5.74) is 1.12. The van der Waals surface area contributed by atoms with Gasteiger partial charge in [-0.25, -0.2) is 4.98 Å². The third kappa shape index (κ3) is 5.15. The zero-order valence-corrected chi connectivity index (χ0v) is 16.7. The third-order valence-electron chi connectivity index (χ3n) is 5.44. The molecule has 2 unspecified atom stereocenters. The van der Waals surface area contributed by atoms with E-state index >= 15 is 0 Å². The van der Waals surface area contributed by atoms with Gasteiger partial charge in [-0.1, -0.05) is 13.0 Å². The molecule has 1 fully saturated rings. The lowest BCUT2D eigenvalue weighted by Crippen LogP contribution is -2.47. The van der Waals surface area contributed by atoms with E-state index in [0.29, 0.717) is 18.3 Å². The lowest BCUT2D eigenvalue weighted by molar-refractivity contribution is -0.122. The van der Waals surface area contributed by atoms with Crippen LogP contribution in [-0.4, -0.2) is 43.7 Å². The molecule has 1 aromatic heterocycles. The molecular formula is C20H31N3O2S. The first-order valence-electron chi connectivity index (χ1n) is 9.88. The summed E-state index contributed by atoms with van der Waals surface area (Å²) >= 11 is 1.78. The van der Waals surface area contributed by atoms with Crippen LogP contribution in [0.1, 0.15) is 48.2 Å². The second kappa shape index (κ2) is 9.62. The quantitative estimate of drug-likeness (QED) is 0.731. The van der Waals surface area contributed by atoms with Crippen LogP contribution in [0.3, 0.4) is 0 Å². The predicted octanol–water partition coefficient (Wildman–Crippen LogP) is 2.80. The van der Waals surface area contributed by atoms with E-state index in [0.717, 1.165) is 56.1 Å². The molecular weight excluding hydrogens is 346 g/mol. The number of aryl methyl sites for hydroxylation is 1. The van der Waals surface area contributed by atoms with Crippen LogP contribution in [0.2, 0.25) is 0 Å². The zero-order valence-electron chi connectivity index (χ0n) is 15.9. The highest BCUT2D eigenvalue weighted by atomic mass is 32.1. The molecule has 144 valence electrons. The Labute approximate surface area is 160 Å². The van der Waals surface area contributed by atoms with Gasteiger partial charge in [0.1, 0.15) is 0 Å². The summed E-state index contributed by atoms with van der Waals surface area (Å²) < 4.78 is 5.45. The van der Waals surface area contributed by atoms with Crippen LogP contribution in [-0.2, 0) is 22.4 Å². The minimum atomic E-state index is 0.131. The molecule has 1 aromatic rings. The van der Waals surface area contributed by atoms with Crippen molar-refractivity contribution in [1.82, 2.24) is 15.6 Å². The molecule has 5 nitrogen and oxygen atoms in total. The Hall–Kier alpha value is -1.24. The molecule has 2 atom stereocenters. The van der Waals surface area contributed by atoms with E-state index in [4.69, 9.17) is 9.72 Å². The highest BCUT2D eigenvalue weighted by Crippen LogP contribution is 2.30. The van der Waals surface area contributed by atoms with Crippen LogP contribution in [0.4, 0.5) is 0 Å². The molecule has 2 aliphatic rings. The van der Waals surface area contributed by atoms with Crippen molar-refractivity contribution in [3.05, 3.63) is 21.7 Å². The number of carbonyl (C=O) groups is 1. The Balaban J connectivity index is 1.50. The molecule has 1 amide bonds. The Morgan fingerprint density at radius 1 is 1.42 bits per heavy atom. The second-order valence-electron chi connectivity index (χ2n) is 7.33. The Bertz CT molecular complexity index is 623. The third-order valence-corrected chi connectivity index (χ3v) is 6.59. The van der Waals surface area contributed by atoms with Gasteiger partial charge in [-0.05, 0) is 50.6 Å². The van der Waals surface area contributed by atoms with Gasteiger partial charge in [-0.15, -0.1) is 11.3 Å². The Morgan fingerprint density at radius 2 is 2.23 bits per heavy atom. The van der Waals surface area contributed by atoms with Crippen LogP contribution in [0.5, 0.6) is 0 Å². The first kappa shape index (κ1) is 19.5. The van der Waals surface area contributed by atoms with Crippen LogP contribution < -0.4 is 10.6 Å². The van der Waals surface area contributed by atoms with Crippen molar-refractivity contribution in [3.8, 4) is 0 Å². The predicted molar refractivity (Wildman–Crippen MR) is 106 cm³/mol. The van der Waals surface area contributed by atoms with Crippen LogP contribution in [0.15, 0.2) is 6.08 Å². The number of amides is 1. The number of thiazole rings is 1. The number of nitrogens with zero attached hydrogens (tertiary/aromatic N) is 1. The zero-order chi connectivity index (χ0) is 18.4. The number of rotatable bonds is 8. The van der Waals surface area contributed by atoms with E-state index in [-0.39, 0.29) is 11.9 Å². The topological polar surface area (TPSA) is 63.2 Å². The molecule has 0 radical (unpaired) electrons. The van der Waals surface area contributed by atoms with E-state index in [1.807, 2.05) is 7.05 Å². The van der Waals surface area contributed by atoms with Gasteiger partial charge >= 0.3 is 0 Å². The number of aromatic nitrogens is 1. The summed E-state index contributed by atoms with van der Waals surface area (Å²) in [6.45, 7) is 4.65. The number of allylic oxidation sites excluding steroid dienone is 1. The lowest BCUT2D eigenvalue weighted by Gasteiger charge is -2.31. The first-order valence-corrected chi connectivity index (χ1v) is 10.7. The van der Waals surface area contributed by atoms with Crippen molar-refractivity contribution in [2.45, 2.75) is 51.5 Å². The van der Waals surface area contributed by atoms with Gasteiger partial charge in [0.2, 0.25) is 5.91 Å². The number of ether oxygens (including phenoxy) is 1. The SMILES string of the molecule is CCC1C=Cc2nc(CCC(=O)NC(CNC)C3CCOCC3)sc2C1. The average Bonchev–Trinajstić information content (AvgIpc) is 3.08. The smallest absolute Gasteiger partial charge is 0.220 e. The van der Waals surface area contributed by atoms with Gasteiger partial charge in [0.05, 0.1) is 10.7 Å². The maximum atomic E-state index is 12.5. The van der Waals surface area contributed by atoms with E-state index in [9.17, 15) is 4.79 Å². The molecule has 1 aliphatic carbocycles. The molecule has 1 saturated heterocycles. The standard InChI is InChI=1S/C20H31N3O2S/c1-3-14-4-5-16-18(12-14)26-20(23-16)7-6-19(24)22-17(13-21-2)15-8-10-25-11-9-15/h4-5,14-15,17,21H,3,6-13H2,1-2H3,(H,22,24). The van der Waals surface area contributed by atoms with Crippen molar-refractivity contribution in [3.63, 3.8) is 0 Å². The summed E-state index contributed by atoms with van der Waals surface area (Å²) in [6, 6.07) is 0.189. The van der Waals surface area contributed by atoms with Gasteiger partial charge in [0, 0.05) is 43.5 Å². The highest BCUT2D eigenvalue weighted by Gasteiger charge is 2.25. The first-order chi connectivity index (χ1) is 12.7. The fourth-order valence-corrected chi connectivity index (χ4v) is 4.93. The normalized spacial score (nSPS) is 21.4. The molecule has 0 aromatic carbocycles. The molecule has 1 aliphatic heterocycles. The number of fused-ring (bicyclic) bond motifs is 1. The number of nitrogens with one attached hydrogen (secondary N) is 2. The second-order valence-corrected chi connectivity index (χ2v) is 8.50. The minimum absolute atomic E-state index is 0.131. The van der Waals surface area contributed by atoms with Gasteiger partial charge in [0.15, 0.2) is 0 Å². The van der Waals surface area contributed by atoms with Gasteiger partial charge in [-0.3, -0.25) is 4.79 Å². The summed E-state index contributed by atoms with van der Waals surface area (Å²) in [5.74, 6) is 1.27. The van der Waals surface area contributed by atoms with Crippen molar-refractivity contribution in [2.24, 2.45) is 11.8 Å². The van der Waals surface area contributed by atoms with Crippen LogP contribution >= 0.6 is 11.3 Å². The molecule has 0 spiro atoms. The van der Waals surface area contributed by atoms with E-state index < -0.39 is 0 Å². The van der Waals surface area contributed by atoms with E-state index in [1.54, 1.807) is 11.3 Å². The molecule has 3 rings (SSSR count). The molecule has 2 heterocycles. The van der Waals surface area contributed by atoms with E-state index in [2.05, 4.69) is 29.7 Å². The summed E-state index contributed by atoms with van der Waals surface area (Å²) in [7, 11) is 1.94. The van der Waals surface area contributed by atoms with Crippen molar-refractivity contribution < 1.29 is 9.53 Å². The van der Waals surface area contributed by atoms with Gasteiger partial charge in [0.25, 0.3) is 0 Å². The summed E-state index contributed by atoms with van der Waals surface area (Å²) in [4.78, 5) is 18.6. The summed E-state index contributed by atoms with van der Waals surface area (Å²) in [5, 5.41) is 7.54. The number of carbonyl (C=O) groups excluding carboxylic acids is 1. The molecule has 2 N–H and O–H groups in total. The van der Waals surface area contributed by atoms with Crippen molar-refractivity contribution >= 4 is 23.3 Å². The number of likely N-dealkylation sites (N-methyl/N-ethyl adjacent to an activating group) is 1. The summed E-state index contributed by atoms with van der Waals surface area (Å²) in [6.07, 6.45) is 9.99. The monoisotopic (exact) mass is 377 g/mol. The number of hydrogen-bond donors (Lipinski definition) is 2. The lowest BCUT2D eigenvalue weighted by atomic mass is 9.91. The molecule has 0 bridgehead atoms. The van der Waals surface area contributed by atoms with Crippen LogP contribution in [0, 0.1) is 11.8 Å². The fraction of sp³-hybridized carbons (Fsp3) is 0.700. The van der Waals surface area contributed by atoms with E-state index in [1.165, 1.54) is 11.3 Å². The average molecular weight is 378 g/mol. The van der Waals surface area contributed by atoms with Crippen molar-refractivity contribution in [1.29, 1.82) is 0 Å². The molecule has 0 saturated carbocycles. The van der Waals surface area contributed by atoms with Gasteiger partial charge in [-0.2, -0.15) is 0 Å². The largest absolute Gasteiger partial charge is 0.381 e.